The van der Waals surface area contributed by atoms with Crippen LogP contribution in [0.25, 0.3) is 0 Å². The molecule has 0 aliphatic rings. The Morgan fingerprint density at radius 1 is 1.58 bits per heavy atom. The summed E-state index contributed by atoms with van der Waals surface area (Å²) in [6.45, 7) is 1.87. The highest BCUT2D eigenvalue weighted by Crippen LogP contribution is 2.04. The maximum atomic E-state index is 11.0. The Morgan fingerprint density at radius 3 is 2.50 bits per heavy atom. The van der Waals surface area contributed by atoms with E-state index in [-0.39, 0.29) is 11.7 Å². The van der Waals surface area contributed by atoms with Gasteiger partial charge in [0.2, 0.25) is 0 Å². The standard InChI is InChI=1S/C7H12ClNO3/c1-2-3-6(5(10)4-8)12-7(9)11/h6H,2-4H2,1H3,(H2,9,11). The molecule has 1 atom stereocenters. The second kappa shape index (κ2) is 5.83. The minimum absolute atomic E-state index is 0.155. The van der Waals surface area contributed by atoms with Gasteiger partial charge in [-0.25, -0.2) is 4.79 Å². The molecule has 0 saturated carbocycles. The second-order valence-electron chi connectivity index (χ2n) is 2.31. The Kier molecular flexibility index (Phi) is 5.45. The van der Waals surface area contributed by atoms with Gasteiger partial charge >= 0.3 is 6.09 Å². The van der Waals surface area contributed by atoms with Crippen LogP contribution in [-0.4, -0.2) is 23.9 Å². The first-order valence-electron chi connectivity index (χ1n) is 3.66. The maximum Gasteiger partial charge on any atom is 0.405 e. The molecule has 0 radical (unpaired) electrons. The lowest BCUT2D eigenvalue weighted by Crippen LogP contribution is -2.30. The Morgan fingerprint density at radius 2 is 2.17 bits per heavy atom. The largest absolute Gasteiger partial charge is 0.438 e. The monoisotopic (exact) mass is 193 g/mol. The molecule has 1 unspecified atom stereocenters. The lowest BCUT2D eigenvalue weighted by Gasteiger charge is -2.12. The number of alkyl halides is 1. The third-order valence-electron chi connectivity index (χ3n) is 1.30. The van der Waals surface area contributed by atoms with E-state index in [0.29, 0.717) is 6.42 Å². The first kappa shape index (κ1) is 11.2. The first-order valence-corrected chi connectivity index (χ1v) is 4.20. The predicted molar refractivity (Wildman–Crippen MR) is 45.1 cm³/mol. The zero-order valence-corrected chi connectivity index (χ0v) is 7.63. The van der Waals surface area contributed by atoms with Gasteiger partial charge in [0.15, 0.2) is 11.9 Å². The van der Waals surface area contributed by atoms with Gasteiger partial charge in [0.25, 0.3) is 0 Å². The summed E-state index contributed by atoms with van der Waals surface area (Å²) in [6, 6.07) is 0. The number of carbonyl (C=O) groups excluding carboxylic acids is 2. The summed E-state index contributed by atoms with van der Waals surface area (Å²) in [5.74, 6) is -0.463. The average molecular weight is 194 g/mol. The number of ketones is 1. The average Bonchev–Trinajstić information content (AvgIpc) is 2.01. The molecule has 0 saturated heterocycles. The fourth-order valence-corrected chi connectivity index (χ4v) is 0.946. The number of rotatable bonds is 5. The van der Waals surface area contributed by atoms with Crippen molar-refractivity contribution in [1.29, 1.82) is 0 Å². The van der Waals surface area contributed by atoms with Crippen LogP contribution in [0.5, 0.6) is 0 Å². The molecule has 0 fully saturated rings. The van der Waals surface area contributed by atoms with Crippen LogP contribution in [0.3, 0.4) is 0 Å². The third-order valence-corrected chi connectivity index (χ3v) is 1.56. The van der Waals surface area contributed by atoms with E-state index >= 15 is 0 Å². The molecule has 5 heteroatoms. The highest BCUT2D eigenvalue weighted by molar-refractivity contribution is 6.28. The molecule has 0 aliphatic heterocycles. The van der Waals surface area contributed by atoms with Crippen LogP contribution in [0.15, 0.2) is 0 Å². The number of Topliss-reactive ketones (excluding diaryl/α,β-unsaturated/α-hetero) is 1. The predicted octanol–water partition coefficient (Wildman–Crippen LogP) is 1.06. The van der Waals surface area contributed by atoms with Crippen LogP contribution in [-0.2, 0) is 9.53 Å². The van der Waals surface area contributed by atoms with Gasteiger partial charge in [-0.1, -0.05) is 13.3 Å². The van der Waals surface area contributed by atoms with Crippen LogP contribution in [0.2, 0.25) is 0 Å². The summed E-state index contributed by atoms with van der Waals surface area (Å²) < 4.78 is 4.55. The minimum atomic E-state index is -0.938. The normalized spacial score (nSPS) is 12.2. The number of nitrogens with two attached hydrogens (primary N) is 1. The maximum absolute atomic E-state index is 11.0. The molecule has 0 aliphatic carbocycles. The van der Waals surface area contributed by atoms with E-state index in [4.69, 9.17) is 17.3 Å². The minimum Gasteiger partial charge on any atom is -0.438 e. The molecule has 0 bridgehead atoms. The van der Waals surface area contributed by atoms with E-state index < -0.39 is 12.2 Å². The zero-order valence-electron chi connectivity index (χ0n) is 6.88. The summed E-state index contributed by atoms with van der Waals surface area (Å²) in [4.78, 5) is 21.3. The molecule has 12 heavy (non-hydrogen) atoms. The topological polar surface area (TPSA) is 69.4 Å². The van der Waals surface area contributed by atoms with Crippen molar-refractivity contribution in [2.24, 2.45) is 5.73 Å². The number of primary amides is 1. The molecule has 1 amide bonds. The summed E-state index contributed by atoms with van der Waals surface area (Å²) in [5, 5.41) is 0. The second-order valence-corrected chi connectivity index (χ2v) is 2.58. The van der Waals surface area contributed by atoms with Crippen LogP contribution in [0.4, 0.5) is 4.79 Å². The fraction of sp³-hybridized carbons (Fsp3) is 0.714. The number of hydrogen-bond acceptors (Lipinski definition) is 3. The van der Waals surface area contributed by atoms with E-state index in [1.165, 1.54) is 0 Å². The molecule has 2 N–H and O–H groups in total. The van der Waals surface area contributed by atoms with Crippen molar-refractivity contribution in [3.05, 3.63) is 0 Å². The molecule has 0 aromatic carbocycles. The number of carbonyl (C=O) groups is 2. The zero-order chi connectivity index (χ0) is 9.56. The van der Waals surface area contributed by atoms with E-state index in [9.17, 15) is 9.59 Å². The van der Waals surface area contributed by atoms with Crippen molar-refractivity contribution in [2.45, 2.75) is 25.9 Å². The quantitative estimate of drug-likeness (QED) is 0.664. The summed E-state index contributed by atoms with van der Waals surface area (Å²) in [6.07, 6.45) is -0.508. The van der Waals surface area contributed by atoms with Gasteiger partial charge in [-0.05, 0) is 6.42 Å². The van der Waals surface area contributed by atoms with Gasteiger partial charge in [-0.2, -0.15) is 0 Å². The number of halogens is 1. The van der Waals surface area contributed by atoms with E-state index in [2.05, 4.69) is 4.74 Å². The number of hydrogen-bond donors (Lipinski definition) is 1. The molecule has 0 aromatic heterocycles. The van der Waals surface area contributed by atoms with Crippen molar-refractivity contribution < 1.29 is 14.3 Å². The Bertz CT molecular complexity index is 172. The van der Waals surface area contributed by atoms with Gasteiger partial charge < -0.3 is 10.5 Å². The summed E-state index contributed by atoms with van der Waals surface area (Å²) in [5.41, 5.74) is 4.76. The smallest absolute Gasteiger partial charge is 0.405 e. The molecule has 4 nitrogen and oxygen atoms in total. The van der Waals surface area contributed by atoms with Crippen molar-refractivity contribution in [3.63, 3.8) is 0 Å². The highest BCUT2D eigenvalue weighted by Gasteiger charge is 2.19. The lowest BCUT2D eigenvalue weighted by atomic mass is 10.1. The molecule has 0 heterocycles. The molecule has 0 rings (SSSR count). The summed E-state index contributed by atoms with van der Waals surface area (Å²) in [7, 11) is 0. The SMILES string of the molecule is CCCC(OC(N)=O)C(=O)CCl. The van der Waals surface area contributed by atoms with Crippen molar-refractivity contribution in [1.82, 2.24) is 0 Å². The van der Waals surface area contributed by atoms with E-state index in [0.717, 1.165) is 6.42 Å². The van der Waals surface area contributed by atoms with Crippen molar-refractivity contribution in [2.75, 3.05) is 5.88 Å². The Labute approximate surface area is 76.0 Å². The van der Waals surface area contributed by atoms with Gasteiger partial charge in [0.05, 0.1) is 5.88 Å². The van der Waals surface area contributed by atoms with Gasteiger partial charge in [0, 0.05) is 0 Å². The molecule has 70 valence electrons. The third kappa shape index (κ3) is 4.18. The van der Waals surface area contributed by atoms with Crippen LogP contribution in [0.1, 0.15) is 19.8 Å². The fourth-order valence-electron chi connectivity index (χ4n) is 0.774. The van der Waals surface area contributed by atoms with Crippen LogP contribution >= 0.6 is 11.6 Å². The Hall–Kier alpha value is -0.770. The molecule has 0 spiro atoms. The van der Waals surface area contributed by atoms with Crippen LogP contribution < -0.4 is 5.73 Å². The van der Waals surface area contributed by atoms with E-state index in [1.807, 2.05) is 6.92 Å². The molecule has 0 aromatic rings. The van der Waals surface area contributed by atoms with Crippen molar-refractivity contribution >= 4 is 23.5 Å². The number of amides is 1. The van der Waals surface area contributed by atoms with E-state index in [1.54, 1.807) is 0 Å². The van der Waals surface area contributed by atoms with Gasteiger partial charge in [0.1, 0.15) is 0 Å². The first-order chi connectivity index (χ1) is 5.61. The van der Waals surface area contributed by atoms with Gasteiger partial charge in [-0.15, -0.1) is 11.6 Å². The summed E-state index contributed by atoms with van der Waals surface area (Å²) >= 11 is 5.28. The van der Waals surface area contributed by atoms with Crippen LogP contribution in [0, 0.1) is 0 Å². The molecular formula is C7H12ClNO3. The molecular weight excluding hydrogens is 182 g/mol. The lowest BCUT2D eigenvalue weighted by molar-refractivity contribution is -0.125. The Balaban J connectivity index is 4.02. The highest BCUT2D eigenvalue weighted by atomic mass is 35.5. The number of ether oxygens (including phenoxy) is 1. The van der Waals surface area contributed by atoms with Gasteiger partial charge in [-0.3, -0.25) is 4.79 Å². The van der Waals surface area contributed by atoms with Crippen molar-refractivity contribution in [3.8, 4) is 0 Å².